The van der Waals surface area contributed by atoms with Gasteiger partial charge in [0.1, 0.15) is 5.82 Å². The van der Waals surface area contributed by atoms with Gasteiger partial charge in [-0.2, -0.15) is 0 Å². The topological polar surface area (TPSA) is 54.7 Å². The Kier molecular flexibility index (Phi) is 3.07. The van der Waals surface area contributed by atoms with Crippen LogP contribution in [0.15, 0.2) is 30.3 Å². The molecule has 3 rings (SSSR count). The van der Waals surface area contributed by atoms with Crippen molar-refractivity contribution in [1.29, 1.82) is 0 Å². The van der Waals surface area contributed by atoms with Crippen LogP contribution in [0.1, 0.15) is 22.3 Å². The summed E-state index contributed by atoms with van der Waals surface area (Å²) in [5.41, 5.74) is 13.8. The van der Waals surface area contributed by atoms with Crippen molar-refractivity contribution in [3.05, 3.63) is 52.6 Å². The quantitative estimate of drug-likeness (QED) is 0.743. The van der Waals surface area contributed by atoms with E-state index in [2.05, 4.69) is 44.0 Å². The van der Waals surface area contributed by atoms with E-state index in [9.17, 15) is 0 Å². The van der Waals surface area contributed by atoms with Crippen LogP contribution in [0, 0.1) is 20.8 Å². The minimum Gasteiger partial charge on any atom is -0.338 e. The third-order valence-electron chi connectivity index (χ3n) is 3.70. The predicted octanol–water partition coefficient (Wildman–Crippen LogP) is 3.61. The van der Waals surface area contributed by atoms with E-state index in [-0.39, 0.29) is 0 Å². The zero-order valence-corrected chi connectivity index (χ0v) is 12.1. The number of hydrogen-bond donors (Lipinski definition) is 2. The molecule has 3 aromatic rings. The lowest BCUT2D eigenvalue weighted by Crippen LogP contribution is -1.95. The van der Waals surface area contributed by atoms with Crippen molar-refractivity contribution in [1.82, 2.24) is 9.97 Å². The number of H-pyrrole nitrogens is 1. The molecule has 0 bridgehead atoms. The normalized spacial score (nSPS) is 11.2. The Morgan fingerprint density at radius 1 is 1.05 bits per heavy atom. The first-order valence-electron chi connectivity index (χ1n) is 6.85. The zero-order chi connectivity index (χ0) is 14.3. The Morgan fingerprint density at radius 3 is 2.40 bits per heavy atom. The van der Waals surface area contributed by atoms with E-state index >= 15 is 0 Å². The molecule has 0 fully saturated rings. The molecule has 2 aromatic carbocycles. The molecule has 0 aliphatic heterocycles. The van der Waals surface area contributed by atoms with E-state index in [1.165, 1.54) is 22.3 Å². The summed E-state index contributed by atoms with van der Waals surface area (Å²) in [6.45, 7) is 6.94. The molecular weight excluding hydrogens is 246 g/mol. The van der Waals surface area contributed by atoms with Crippen LogP contribution in [0.2, 0.25) is 0 Å². The summed E-state index contributed by atoms with van der Waals surface area (Å²) in [5.74, 6) is 0.934. The first-order valence-corrected chi connectivity index (χ1v) is 6.85. The highest BCUT2D eigenvalue weighted by molar-refractivity contribution is 5.81. The molecule has 20 heavy (non-hydrogen) atoms. The smallest absolute Gasteiger partial charge is 0.139 e. The van der Waals surface area contributed by atoms with Crippen molar-refractivity contribution >= 4 is 11.0 Å². The monoisotopic (exact) mass is 265 g/mol. The number of nitrogens with two attached hydrogens (primary N) is 1. The van der Waals surface area contributed by atoms with E-state index in [1.54, 1.807) is 0 Å². The van der Waals surface area contributed by atoms with Gasteiger partial charge in [0, 0.05) is 12.1 Å². The summed E-state index contributed by atoms with van der Waals surface area (Å²) in [6, 6.07) is 10.5. The van der Waals surface area contributed by atoms with Gasteiger partial charge in [-0.15, -0.1) is 0 Å². The van der Waals surface area contributed by atoms with Crippen LogP contribution in [-0.4, -0.2) is 9.97 Å². The fraction of sp³-hybridized carbons (Fsp3) is 0.235. The lowest BCUT2D eigenvalue weighted by Gasteiger charge is -2.08. The number of nitrogens with zero attached hydrogens (tertiary/aromatic N) is 1. The van der Waals surface area contributed by atoms with Crippen molar-refractivity contribution < 1.29 is 0 Å². The number of aromatic nitrogens is 2. The summed E-state index contributed by atoms with van der Waals surface area (Å²) in [4.78, 5) is 8.13. The van der Waals surface area contributed by atoms with Crippen LogP contribution in [-0.2, 0) is 6.54 Å². The van der Waals surface area contributed by atoms with E-state index in [0.717, 1.165) is 22.4 Å². The average molecular weight is 265 g/mol. The molecule has 3 N–H and O–H groups in total. The van der Waals surface area contributed by atoms with Crippen LogP contribution < -0.4 is 5.73 Å². The molecular formula is C17H19N3. The first-order chi connectivity index (χ1) is 9.58. The molecule has 0 atom stereocenters. The van der Waals surface area contributed by atoms with Gasteiger partial charge in [0.25, 0.3) is 0 Å². The van der Waals surface area contributed by atoms with Gasteiger partial charge < -0.3 is 10.7 Å². The summed E-state index contributed by atoms with van der Waals surface area (Å²) in [5, 5.41) is 0. The molecule has 0 saturated heterocycles. The number of nitrogens with one attached hydrogen (secondary N) is 1. The van der Waals surface area contributed by atoms with Crippen molar-refractivity contribution in [2.45, 2.75) is 27.3 Å². The Balaban J connectivity index is 2.20. The Labute approximate surface area is 118 Å². The molecule has 0 aliphatic rings. The van der Waals surface area contributed by atoms with E-state index in [1.807, 2.05) is 12.1 Å². The van der Waals surface area contributed by atoms with E-state index in [0.29, 0.717) is 6.54 Å². The molecule has 0 unspecified atom stereocenters. The summed E-state index contributed by atoms with van der Waals surface area (Å²) in [6.07, 6.45) is 0. The fourth-order valence-corrected chi connectivity index (χ4v) is 2.86. The number of aryl methyl sites for hydroxylation is 3. The van der Waals surface area contributed by atoms with Crippen LogP contribution in [0.3, 0.4) is 0 Å². The lowest BCUT2D eigenvalue weighted by molar-refractivity contribution is 1.07. The third-order valence-corrected chi connectivity index (χ3v) is 3.70. The van der Waals surface area contributed by atoms with Gasteiger partial charge in [0.2, 0.25) is 0 Å². The minimum absolute atomic E-state index is 0.548. The molecule has 0 aliphatic carbocycles. The van der Waals surface area contributed by atoms with Crippen LogP contribution in [0.4, 0.5) is 0 Å². The minimum atomic E-state index is 0.548. The average Bonchev–Trinajstić information content (AvgIpc) is 2.79. The molecule has 102 valence electrons. The second-order valence-corrected chi connectivity index (χ2v) is 5.41. The molecule has 0 spiro atoms. The van der Waals surface area contributed by atoms with Crippen LogP contribution in [0.5, 0.6) is 0 Å². The third kappa shape index (κ3) is 2.10. The molecule has 0 saturated carbocycles. The SMILES string of the molecule is Cc1cc(C)c(-c2nc3ccc(CN)cc3[nH]2)c(C)c1. The van der Waals surface area contributed by atoms with E-state index < -0.39 is 0 Å². The van der Waals surface area contributed by atoms with Gasteiger partial charge in [-0.3, -0.25) is 0 Å². The standard InChI is InChI=1S/C17H19N3/c1-10-6-11(2)16(12(3)7-10)17-19-14-5-4-13(9-18)8-15(14)20-17/h4-8H,9,18H2,1-3H3,(H,19,20). The van der Waals surface area contributed by atoms with Crippen LogP contribution >= 0.6 is 0 Å². The number of benzene rings is 2. The van der Waals surface area contributed by atoms with Gasteiger partial charge in [-0.25, -0.2) is 4.98 Å². The molecule has 1 heterocycles. The molecule has 3 nitrogen and oxygen atoms in total. The highest BCUT2D eigenvalue weighted by atomic mass is 14.9. The maximum Gasteiger partial charge on any atom is 0.139 e. The van der Waals surface area contributed by atoms with Gasteiger partial charge >= 0.3 is 0 Å². The first kappa shape index (κ1) is 12.9. The Hall–Kier alpha value is -2.13. The number of aromatic amines is 1. The summed E-state index contributed by atoms with van der Waals surface area (Å²) >= 11 is 0. The summed E-state index contributed by atoms with van der Waals surface area (Å²) in [7, 11) is 0. The van der Waals surface area contributed by atoms with Gasteiger partial charge in [-0.1, -0.05) is 23.8 Å². The Bertz CT molecular complexity index is 761. The molecule has 3 heteroatoms. The van der Waals surface area contributed by atoms with Gasteiger partial charge in [0.05, 0.1) is 11.0 Å². The largest absolute Gasteiger partial charge is 0.338 e. The van der Waals surface area contributed by atoms with Crippen molar-refractivity contribution in [3.8, 4) is 11.4 Å². The molecule has 1 aromatic heterocycles. The van der Waals surface area contributed by atoms with E-state index in [4.69, 9.17) is 10.7 Å². The van der Waals surface area contributed by atoms with Gasteiger partial charge in [0.15, 0.2) is 0 Å². The zero-order valence-electron chi connectivity index (χ0n) is 12.1. The van der Waals surface area contributed by atoms with Gasteiger partial charge in [-0.05, 0) is 49.6 Å². The van der Waals surface area contributed by atoms with Crippen LogP contribution in [0.25, 0.3) is 22.4 Å². The van der Waals surface area contributed by atoms with Crippen molar-refractivity contribution in [3.63, 3.8) is 0 Å². The lowest BCUT2D eigenvalue weighted by atomic mass is 9.99. The van der Waals surface area contributed by atoms with Crippen molar-refractivity contribution in [2.24, 2.45) is 5.73 Å². The van der Waals surface area contributed by atoms with Crippen molar-refractivity contribution in [2.75, 3.05) is 0 Å². The molecule has 0 radical (unpaired) electrons. The molecule has 0 amide bonds. The fourth-order valence-electron chi connectivity index (χ4n) is 2.86. The number of hydrogen-bond acceptors (Lipinski definition) is 2. The Morgan fingerprint density at radius 2 is 1.75 bits per heavy atom. The highest BCUT2D eigenvalue weighted by Crippen LogP contribution is 2.28. The maximum absolute atomic E-state index is 5.69. The number of rotatable bonds is 2. The maximum atomic E-state index is 5.69. The highest BCUT2D eigenvalue weighted by Gasteiger charge is 2.11. The summed E-state index contributed by atoms with van der Waals surface area (Å²) < 4.78 is 0. The number of imidazole rings is 1. The predicted molar refractivity (Wildman–Crippen MR) is 83.6 cm³/mol. The second-order valence-electron chi connectivity index (χ2n) is 5.41. The number of fused-ring (bicyclic) bond motifs is 1. The second kappa shape index (κ2) is 4.76.